The van der Waals surface area contributed by atoms with Gasteiger partial charge in [0.05, 0.1) is 23.3 Å². The maximum absolute atomic E-state index is 14.7. The lowest BCUT2D eigenvalue weighted by Crippen LogP contribution is -2.55. The molecule has 3 fully saturated rings. The number of hydrogen-bond acceptors (Lipinski definition) is 8. The Morgan fingerprint density at radius 2 is 1.70 bits per heavy atom. The lowest BCUT2D eigenvalue weighted by Gasteiger charge is -2.38. The average Bonchev–Trinajstić information content (AvgIpc) is 3.38. The molecule has 0 aliphatic carbocycles. The number of carboxylic acid groups (broad SMARTS) is 1. The van der Waals surface area contributed by atoms with Crippen molar-refractivity contribution in [2.24, 2.45) is 0 Å². The molecule has 0 saturated carbocycles. The summed E-state index contributed by atoms with van der Waals surface area (Å²) in [7, 11) is -0.850. The summed E-state index contributed by atoms with van der Waals surface area (Å²) in [4.78, 5) is 19.5. The highest BCUT2D eigenvalue weighted by Gasteiger charge is 2.53. The number of piperazine rings is 1. The largest absolute Gasteiger partial charge is 0.498 e. The fourth-order valence-corrected chi connectivity index (χ4v) is 5.00. The molecule has 3 aliphatic rings. The fourth-order valence-electron chi connectivity index (χ4n) is 5.00. The maximum Gasteiger partial charge on any atom is 0.498 e. The van der Waals surface area contributed by atoms with E-state index in [2.05, 4.69) is 4.98 Å². The van der Waals surface area contributed by atoms with E-state index in [0.717, 1.165) is 26.7 Å². The monoisotopic (exact) mass is 523 g/mol. The van der Waals surface area contributed by atoms with Gasteiger partial charge in [-0.3, -0.25) is 4.90 Å². The summed E-state index contributed by atoms with van der Waals surface area (Å²) in [5.41, 5.74) is -3.11. The van der Waals surface area contributed by atoms with Crippen LogP contribution < -0.4 is 15.1 Å². The van der Waals surface area contributed by atoms with Gasteiger partial charge < -0.3 is 33.6 Å². The van der Waals surface area contributed by atoms with Crippen LogP contribution in [0.3, 0.4) is 0 Å². The Kier molecular flexibility index (Phi) is 5.75. The second-order valence-corrected chi connectivity index (χ2v) is 11.6. The molecular weight excluding hydrogens is 491 g/mol. The number of nitrogens with zero attached hydrogens (tertiary/aromatic N) is 3. The first kappa shape index (κ1) is 26.0. The van der Waals surface area contributed by atoms with Crippen molar-refractivity contribution in [1.29, 1.82) is 0 Å². The number of carbonyl (C=O) groups is 1. The van der Waals surface area contributed by atoms with E-state index < -0.39 is 36.1 Å². The third kappa shape index (κ3) is 4.20. The minimum atomic E-state index is -3.92. The van der Waals surface area contributed by atoms with Crippen molar-refractivity contribution in [3.8, 4) is 5.75 Å². The smallest absolute Gasteiger partial charge is 0.465 e. The van der Waals surface area contributed by atoms with Crippen LogP contribution in [0.25, 0.3) is 11.1 Å². The summed E-state index contributed by atoms with van der Waals surface area (Å²) in [5, 5.41) is 19.5. The Balaban J connectivity index is 1.56. The van der Waals surface area contributed by atoms with Gasteiger partial charge in [-0.25, -0.2) is 4.79 Å². The topological polar surface area (TPSA) is 118 Å². The van der Waals surface area contributed by atoms with Gasteiger partial charge in [0.1, 0.15) is 0 Å². The van der Waals surface area contributed by atoms with Crippen LogP contribution >= 0.6 is 0 Å². The molecule has 13 heteroatoms. The molecule has 4 heterocycles. The Labute approximate surface area is 213 Å². The van der Waals surface area contributed by atoms with Gasteiger partial charge in [0.25, 0.3) is 6.01 Å². The zero-order valence-electron chi connectivity index (χ0n) is 21.7. The second kappa shape index (κ2) is 8.18. The van der Waals surface area contributed by atoms with Gasteiger partial charge in [-0.05, 0) is 60.5 Å². The zero-order valence-corrected chi connectivity index (χ0v) is 21.7. The normalized spacial score (nSPS) is 25.3. The van der Waals surface area contributed by atoms with Gasteiger partial charge in [-0.15, -0.1) is 0 Å². The van der Waals surface area contributed by atoms with Gasteiger partial charge in [0.2, 0.25) is 0 Å². The molecule has 37 heavy (non-hydrogen) atoms. The summed E-state index contributed by atoms with van der Waals surface area (Å²) in [6, 6.07) is 2.59. The SMILES string of the molecule is CC(C)(O)C(F)(F)Oc1ccc(B2OC(C)(C)C(C)(C)O2)c2oc(N3CC4CCC(C3)N4C(=O)O)nc12. The van der Waals surface area contributed by atoms with Crippen LogP contribution in [-0.2, 0) is 9.31 Å². The molecule has 1 amide bonds. The Morgan fingerprint density at radius 3 is 2.22 bits per heavy atom. The van der Waals surface area contributed by atoms with Crippen LogP contribution in [0.5, 0.6) is 5.75 Å². The standard InChI is InChI=1S/C24H32BF2N3O7/c1-21(2,33)24(26,27)35-16-10-9-15(25-36-22(3,4)23(5,6)37-25)18-17(16)28-19(34-18)29-11-13-7-8-14(12-29)30(13)20(31)32/h9-10,13-14,33H,7-8,11-12H2,1-6H3,(H,31,32). The van der Waals surface area contributed by atoms with E-state index in [9.17, 15) is 23.8 Å². The van der Waals surface area contributed by atoms with Crippen molar-refractivity contribution < 1.29 is 42.3 Å². The van der Waals surface area contributed by atoms with E-state index >= 15 is 0 Å². The molecule has 202 valence electrons. The molecule has 2 bridgehead atoms. The maximum atomic E-state index is 14.7. The molecular formula is C24H32BF2N3O7. The lowest BCUT2D eigenvalue weighted by atomic mass is 9.78. The highest BCUT2D eigenvalue weighted by Crippen LogP contribution is 2.40. The third-order valence-corrected chi connectivity index (χ3v) is 7.96. The number of ether oxygens (including phenoxy) is 1. The molecule has 2 N–H and O–H groups in total. The number of anilines is 1. The number of aliphatic hydroxyl groups is 1. The Morgan fingerprint density at radius 1 is 1.14 bits per heavy atom. The molecule has 2 unspecified atom stereocenters. The fraction of sp³-hybridized carbons (Fsp3) is 0.667. The summed E-state index contributed by atoms with van der Waals surface area (Å²) >= 11 is 0. The van der Waals surface area contributed by atoms with Crippen molar-refractivity contribution in [3.63, 3.8) is 0 Å². The number of alkyl halides is 2. The van der Waals surface area contributed by atoms with E-state index in [1.807, 2.05) is 32.6 Å². The van der Waals surface area contributed by atoms with Crippen LogP contribution in [0.4, 0.5) is 19.6 Å². The van der Waals surface area contributed by atoms with Crippen molar-refractivity contribution >= 4 is 35.8 Å². The number of oxazole rings is 1. The number of fused-ring (bicyclic) bond motifs is 3. The van der Waals surface area contributed by atoms with Crippen molar-refractivity contribution in [2.45, 2.75) is 89.4 Å². The number of hydrogen-bond donors (Lipinski definition) is 2. The predicted octanol–water partition coefficient (Wildman–Crippen LogP) is 3.20. The van der Waals surface area contributed by atoms with Crippen LogP contribution in [0.1, 0.15) is 54.4 Å². The molecule has 2 aromatic rings. The molecule has 0 radical (unpaired) electrons. The average molecular weight is 523 g/mol. The molecule has 10 nitrogen and oxygen atoms in total. The summed E-state index contributed by atoms with van der Waals surface area (Å²) in [5.74, 6) is -0.274. The first-order valence-corrected chi connectivity index (χ1v) is 12.4. The van der Waals surface area contributed by atoms with Crippen LogP contribution in [0.2, 0.25) is 0 Å². The lowest BCUT2D eigenvalue weighted by molar-refractivity contribution is -0.275. The minimum absolute atomic E-state index is 0.0270. The Hall–Kier alpha value is -2.64. The summed E-state index contributed by atoms with van der Waals surface area (Å²) in [6.07, 6.45) is -3.44. The van der Waals surface area contributed by atoms with E-state index in [4.69, 9.17) is 18.5 Å². The number of rotatable bonds is 5. The number of benzene rings is 1. The van der Waals surface area contributed by atoms with Crippen LogP contribution in [-0.4, -0.2) is 81.4 Å². The van der Waals surface area contributed by atoms with E-state index in [0.29, 0.717) is 18.6 Å². The highest BCUT2D eigenvalue weighted by molar-refractivity contribution is 6.64. The van der Waals surface area contributed by atoms with E-state index in [1.165, 1.54) is 17.0 Å². The van der Waals surface area contributed by atoms with Crippen molar-refractivity contribution in [1.82, 2.24) is 9.88 Å². The van der Waals surface area contributed by atoms with Crippen LogP contribution in [0.15, 0.2) is 16.5 Å². The molecule has 1 aromatic heterocycles. The van der Waals surface area contributed by atoms with Crippen LogP contribution in [0, 0.1) is 0 Å². The minimum Gasteiger partial charge on any atom is -0.465 e. The van der Waals surface area contributed by atoms with Crippen molar-refractivity contribution in [3.05, 3.63) is 12.1 Å². The van der Waals surface area contributed by atoms with E-state index in [1.54, 1.807) is 0 Å². The van der Waals surface area contributed by atoms with Gasteiger partial charge in [0, 0.05) is 18.6 Å². The third-order valence-electron chi connectivity index (χ3n) is 7.96. The van der Waals surface area contributed by atoms with Gasteiger partial charge in [-0.1, -0.05) is 6.07 Å². The predicted molar refractivity (Wildman–Crippen MR) is 130 cm³/mol. The second-order valence-electron chi connectivity index (χ2n) is 11.6. The zero-order chi connectivity index (χ0) is 27.1. The molecule has 3 saturated heterocycles. The van der Waals surface area contributed by atoms with Gasteiger partial charge in [-0.2, -0.15) is 13.8 Å². The van der Waals surface area contributed by atoms with Crippen molar-refractivity contribution in [2.75, 3.05) is 18.0 Å². The Bertz CT molecular complexity index is 1200. The molecule has 0 spiro atoms. The first-order chi connectivity index (χ1) is 17.0. The molecule has 5 rings (SSSR count). The van der Waals surface area contributed by atoms with Gasteiger partial charge >= 0.3 is 19.3 Å². The first-order valence-electron chi connectivity index (χ1n) is 12.4. The van der Waals surface area contributed by atoms with E-state index in [-0.39, 0.29) is 34.9 Å². The van der Waals surface area contributed by atoms with Gasteiger partial charge in [0.15, 0.2) is 22.5 Å². The summed E-state index contributed by atoms with van der Waals surface area (Å²) < 4.78 is 52.9. The molecule has 2 atom stereocenters. The molecule has 3 aliphatic heterocycles. The number of amides is 1. The number of aromatic nitrogens is 1. The quantitative estimate of drug-likeness (QED) is 0.570. The number of halogens is 2. The highest BCUT2D eigenvalue weighted by atomic mass is 19.3. The molecule has 1 aromatic carbocycles. The summed E-state index contributed by atoms with van der Waals surface area (Å²) in [6.45, 7) is 10.2.